The second kappa shape index (κ2) is 19.2. The maximum absolute atomic E-state index is 13.6. The smallest absolute Gasteiger partial charge is 0.174 e. The first-order valence-corrected chi connectivity index (χ1v) is 18.0. The van der Waals surface area contributed by atoms with Crippen LogP contribution in [0.2, 0.25) is 0 Å². The highest BCUT2D eigenvalue weighted by Gasteiger charge is 2.34. The van der Waals surface area contributed by atoms with Crippen LogP contribution < -0.4 is 18.9 Å². The zero-order chi connectivity index (χ0) is 33.6. The van der Waals surface area contributed by atoms with Crippen molar-refractivity contribution in [3.8, 4) is 23.0 Å². The third kappa shape index (κ3) is 10.7. The van der Waals surface area contributed by atoms with E-state index in [1.165, 1.54) is 12.0 Å². The summed E-state index contributed by atoms with van der Waals surface area (Å²) in [5, 5.41) is 0. The summed E-state index contributed by atoms with van der Waals surface area (Å²) >= 11 is 0. The molecule has 48 heavy (non-hydrogen) atoms. The number of morpholine rings is 2. The van der Waals surface area contributed by atoms with Crippen LogP contribution in [-0.4, -0.2) is 102 Å². The average Bonchev–Trinajstić information content (AvgIpc) is 3.11. The van der Waals surface area contributed by atoms with Crippen molar-refractivity contribution in [2.75, 3.05) is 86.0 Å². The molecular weight excluding hydrogens is 608 g/mol. The van der Waals surface area contributed by atoms with E-state index in [-0.39, 0.29) is 12.2 Å². The Hall–Kier alpha value is -3.11. The molecule has 264 valence electrons. The molecule has 2 aromatic carbocycles. The Labute approximate surface area is 287 Å². The maximum Gasteiger partial charge on any atom is 0.174 e. The molecule has 0 saturated carbocycles. The molecule has 0 amide bonds. The Morgan fingerprint density at radius 2 is 1.42 bits per heavy atom. The number of Topliss-reactive ketones (excluding diaryl/α,β-unsaturated/α-hetero) is 1. The fraction of sp³-hybridized carbons (Fsp3) is 0.615. The van der Waals surface area contributed by atoms with Gasteiger partial charge in [0.25, 0.3) is 0 Å². The minimum atomic E-state index is -0.398. The number of ketones is 1. The number of hydrogen-bond acceptors (Lipinski definition) is 9. The SMILES string of the molecule is COc1cc(OCCCCCN2CCOCC2)c(CC=C(C)C)c2c1C(=O)CC(c1ccc(OCCCCCN3CCOCC3)cc1)O2. The van der Waals surface area contributed by atoms with Gasteiger partial charge in [0, 0.05) is 37.8 Å². The molecule has 0 N–H and O–H groups in total. The van der Waals surface area contributed by atoms with Crippen molar-refractivity contribution >= 4 is 5.78 Å². The normalized spacial score (nSPS) is 18.6. The maximum atomic E-state index is 13.6. The highest BCUT2D eigenvalue weighted by Crippen LogP contribution is 2.46. The molecule has 9 nitrogen and oxygen atoms in total. The van der Waals surface area contributed by atoms with E-state index < -0.39 is 6.10 Å². The molecule has 5 rings (SSSR count). The summed E-state index contributed by atoms with van der Waals surface area (Å²) in [5.74, 6) is 2.65. The summed E-state index contributed by atoms with van der Waals surface area (Å²) in [6.07, 6.45) is 9.15. The van der Waals surface area contributed by atoms with Crippen molar-refractivity contribution in [3.05, 3.63) is 58.7 Å². The summed E-state index contributed by atoms with van der Waals surface area (Å²) in [4.78, 5) is 18.6. The summed E-state index contributed by atoms with van der Waals surface area (Å²) in [7, 11) is 1.60. The number of methoxy groups -OCH3 is 1. The van der Waals surface area contributed by atoms with Crippen LogP contribution >= 0.6 is 0 Å². The van der Waals surface area contributed by atoms with Crippen molar-refractivity contribution in [1.82, 2.24) is 9.80 Å². The van der Waals surface area contributed by atoms with Gasteiger partial charge >= 0.3 is 0 Å². The van der Waals surface area contributed by atoms with Gasteiger partial charge in [-0.05, 0) is 89.6 Å². The molecule has 2 saturated heterocycles. The van der Waals surface area contributed by atoms with Crippen molar-refractivity contribution in [2.45, 2.75) is 71.3 Å². The van der Waals surface area contributed by atoms with Gasteiger partial charge in [0.05, 0.1) is 53.2 Å². The number of fused-ring (bicyclic) bond motifs is 1. The molecule has 0 aromatic heterocycles. The van der Waals surface area contributed by atoms with Crippen molar-refractivity contribution in [1.29, 1.82) is 0 Å². The van der Waals surface area contributed by atoms with Crippen LogP contribution in [0.15, 0.2) is 42.0 Å². The third-order valence-corrected chi connectivity index (χ3v) is 9.37. The fourth-order valence-corrected chi connectivity index (χ4v) is 6.51. The molecule has 1 atom stereocenters. The molecule has 2 fully saturated rings. The second-order valence-electron chi connectivity index (χ2n) is 13.3. The predicted molar refractivity (Wildman–Crippen MR) is 188 cm³/mol. The van der Waals surface area contributed by atoms with Crippen LogP contribution in [0.1, 0.15) is 86.4 Å². The molecule has 0 bridgehead atoms. The van der Waals surface area contributed by atoms with Crippen LogP contribution in [0, 0.1) is 0 Å². The Morgan fingerprint density at radius 1 is 0.812 bits per heavy atom. The number of unbranched alkanes of at least 4 members (excludes halogenated alkanes) is 4. The van der Waals surface area contributed by atoms with Gasteiger partial charge in [-0.3, -0.25) is 14.6 Å². The zero-order valence-corrected chi connectivity index (χ0v) is 29.4. The van der Waals surface area contributed by atoms with Crippen LogP contribution in [0.4, 0.5) is 0 Å². The van der Waals surface area contributed by atoms with Gasteiger partial charge in [-0.1, -0.05) is 23.8 Å². The van der Waals surface area contributed by atoms with Crippen LogP contribution in [0.5, 0.6) is 23.0 Å². The van der Waals surface area contributed by atoms with Crippen LogP contribution in [0.25, 0.3) is 0 Å². The van der Waals surface area contributed by atoms with Crippen molar-refractivity contribution in [2.24, 2.45) is 0 Å². The number of carbonyl (C=O) groups excluding carboxylic acids is 1. The van der Waals surface area contributed by atoms with Gasteiger partial charge in [0.2, 0.25) is 0 Å². The van der Waals surface area contributed by atoms with Gasteiger partial charge in [0.15, 0.2) is 5.78 Å². The lowest BCUT2D eigenvalue weighted by Crippen LogP contribution is -2.36. The van der Waals surface area contributed by atoms with E-state index in [2.05, 4.69) is 29.7 Å². The quantitative estimate of drug-likeness (QED) is 0.128. The number of benzene rings is 2. The minimum absolute atomic E-state index is 0.0172. The summed E-state index contributed by atoms with van der Waals surface area (Å²) in [6, 6.07) is 9.87. The highest BCUT2D eigenvalue weighted by molar-refractivity contribution is 6.03. The van der Waals surface area contributed by atoms with Gasteiger partial charge in [-0.2, -0.15) is 0 Å². The Bertz CT molecular complexity index is 1310. The van der Waals surface area contributed by atoms with Crippen LogP contribution in [-0.2, 0) is 15.9 Å². The predicted octanol–water partition coefficient (Wildman–Crippen LogP) is 6.67. The molecule has 9 heteroatoms. The molecule has 1 unspecified atom stereocenters. The molecule has 0 radical (unpaired) electrons. The van der Waals surface area contributed by atoms with E-state index in [4.69, 9.17) is 28.4 Å². The van der Waals surface area contributed by atoms with Gasteiger partial charge in [-0.25, -0.2) is 0 Å². The molecule has 3 aliphatic heterocycles. The number of nitrogens with zero attached hydrogens (tertiary/aromatic N) is 2. The largest absolute Gasteiger partial charge is 0.496 e. The fourth-order valence-electron chi connectivity index (χ4n) is 6.51. The second-order valence-corrected chi connectivity index (χ2v) is 13.3. The summed E-state index contributed by atoms with van der Waals surface area (Å²) in [5.41, 5.74) is 3.55. The molecule has 2 aromatic rings. The minimum Gasteiger partial charge on any atom is -0.496 e. The number of carbonyl (C=O) groups is 1. The molecule has 0 spiro atoms. The summed E-state index contributed by atoms with van der Waals surface area (Å²) in [6.45, 7) is 15.2. The Kier molecular flexibility index (Phi) is 14.5. The number of ether oxygens (including phenoxy) is 6. The summed E-state index contributed by atoms with van der Waals surface area (Å²) < 4.78 is 35.7. The van der Waals surface area contributed by atoms with Gasteiger partial charge in [0.1, 0.15) is 34.7 Å². The first-order valence-electron chi connectivity index (χ1n) is 18.0. The third-order valence-electron chi connectivity index (χ3n) is 9.37. The van der Waals surface area contributed by atoms with E-state index in [9.17, 15) is 4.79 Å². The lowest BCUT2D eigenvalue weighted by molar-refractivity contribution is 0.0370. The van der Waals surface area contributed by atoms with E-state index >= 15 is 0 Å². The van der Waals surface area contributed by atoms with Crippen molar-refractivity contribution in [3.63, 3.8) is 0 Å². The van der Waals surface area contributed by atoms with E-state index in [0.717, 1.165) is 120 Å². The van der Waals surface area contributed by atoms with Gasteiger partial charge < -0.3 is 28.4 Å². The van der Waals surface area contributed by atoms with E-state index in [1.54, 1.807) is 7.11 Å². The standard InChI is InChI=1S/C39H56N2O7/c1-30(2)10-15-33-36(47-23-9-5-7-17-41-20-26-45-27-21-41)29-37(43-3)38-34(42)28-35(48-39(33)38)31-11-13-32(14-12-31)46-22-8-4-6-16-40-18-24-44-25-19-40/h10-14,29,35H,4-9,15-28H2,1-3H3. The highest BCUT2D eigenvalue weighted by atomic mass is 16.5. The average molecular weight is 665 g/mol. The van der Waals surface area contributed by atoms with E-state index in [1.807, 2.05) is 30.3 Å². The van der Waals surface area contributed by atoms with E-state index in [0.29, 0.717) is 36.7 Å². The van der Waals surface area contributed by atoms with Gasteiger partial charge in [-0.15, -0.1) is 0 Å². The lowest BCUT2D eigenvalue weighted by atomic mass is 9.92. The number of allylic oxidation sites excluding steroid dienone is 2. The Balaban J connectivity index is 1.18. The Morgan fingerprint density at radius 3 is 2.00 bits per heavy atom. The van der Waals surface area contributed by atoms with Crippen molar-refractivity contribution < 1.29 is 33.2 Å². The number of rotatable bonds is 18. The first-order chi connectivity index (χ1) is 23.5. The monoisotopic (exact) mass is 664 g/mol. The molecule has 0 aliphatic carbocycles. The molecular formula is C39H56N2O7. The van der Waals surface area contributed by atoms with Crippen LogP contribution in [0.3, 0.4) is 0 Å². The number of hydrogen-bond donors (Lipinski definition) is 0. The lowest BCUT2D eigenvalue weighted by Gasteiger charge is -2.29. The topological polar surface area (TPSA) is 78.9 Å². The first kappa shape index (κ1) is 36.2. The zero-order valence-electron chi connectivity index (χ0n) is 29.4. The molecule has 3 heterocycles. The molecule has 3 aliphatic rings.